The molecule has 0 amide bonds. The number of allylic oxidation sites excluding steroid dienone is 1. The van der Waals surface area contributed by atoms with Crippen LogP contribution in [-0.4, -0.2) is 56.3 Å². The second-order valence-electron chi connectivity index (χ2n) is 9.17. The molecule has 166 valence electrons. The first-order valence-electron chi connectivity index (χ1n) is 11.1. The van der Waals surface area contributed by atoms with E-state index in [9.17, 15) is 0 Å². The molecule has 0 spiro atoms. The van der Waals surface area contributed by atoms with Crippen LogP contribution in [0.25, 0.3) is 16.6 Å². The molecule has 2 saturated heterocycles. The molecule has 0 saturated carbocycles. The number of likely N-dealkylation sites (tertiary alicyclic amines) is 1. The molecule has 2 aliphatic heterocycles. The van der Waals surface area contributed by atoms with Crippen LogP contribution < -0.4 is 0 Å². The number of aryl methyl sites for hydroxylation is 1. The quantitative estimate of drug-likeness (QED) is 0.523. The lowest BCUT2D eigenvalue weighted by atomic mass is 9.86. The maximum absolute atomic E-state index is 8.90. The molecule has 2 aliphatic rings. The van der Waals surface area contributed by atoms with E-state index in [1.807, 2.05) is 27.8 Å². The standard InChI is InChI=1S/C24H27ClN6O/c1-17(11-26)3-8-30-14-20(13-27-30)31-23-10-21(22(25)9-19(23)12-28-31)18-4-6-29(7-5-18)24(2)15-32-16-24/h9-10,12-14,18H,1,3-8,15-16H2,2H3. The summed E-state index contributed by atoms with van der Waals surface area (Å²) in [5, 5.41) is 19.8. The van der Waals surface area contributed by atoms with Gasteiger partial charge in [0.2, 0.25) is 0 Å². The van der Waals surface area contributed by atoms with Gasteiger partial charge in [-0.05, 0) is 56.5 Å². The predicted molar refractivity (Wildman–Crippen MR) is 124 cm³/mol. The van der Waals surface area contributed by atoms with Crippen molar-refractivity contribution in [3.63, 3.8) is 0 Å². The first-order chi connectivity index (χ1) is 15.5. The third-order valence-electron chi connectivity index (χ3n) is 6.88. The van der Waals surface area contributed by atoms with Gasteiger partial charge in [0.15, 0.2) is 0 Å². The summed E-state index contributed by atoms with van der Waals surface area (Å²) < 4.78 is 9.19. The van der Waals surface area contributed by atoms with Crippen LogP contribution in [0.3, 0.4) is 0 Å². The number of ether oxygens (including phenoxy) is 1. The fourth-order valence-electron chi connectivity index (χ4n) is 4.78. The molecule has 0 unspecified atom stereocenters. The highest BCUT2D eigenvalue weighted by atomic mass is 35.5. The first kappa shape index (κ1) is 21.2. The average Bonchev–Trinajstić information content (AvgIpc) is 3.41. The summed E-state index contributed by atoms with van der Waals surface area (Å²) in [7, 11) is 0. The molecular formula is C24H27ClN6O. The molecule has 7 nitrogen and oxygen atoms in total. The van der Waals surface area contributed by atoms with Crippen LogP contribution in [0.5, 0.6) is 0 Å². The van der Waals surface area contributed by atoms with Gasteiger partial charge in [-0.3, -0.25) is 9.58 Å². The normalized spacial score (nSPS) is 19.0. The van der Waals surface area contributed by atoms with E-state index >= 15 is 0 Å². The van der Waals surface area contributed by atoms with Crippen LogP contribution in [0, 0.1) is 11.3 Å². The molecule has 3 aromatic rings. The molecule has 32 heavy (non-hydrogen) atoms. The second-order valence-corrected chi connectivity index (χ2v) is 9.57. The van der Waals surface area contributed by atoms with Crippen molar-refractivity contribution in [3.8, 4) is 11.8 Å². The van der Waals surface area contributed by atoms with Crippen LogP contribution in [0.15, 0.2) is 42.9 Å². The molecule has 0 atom stereocenters. The number of aromatic nitrogens is 4. The Bertz CT molecular complexity index is 1190. The first-order valence-corrected chi connectivity index (χ1v) is 11.5. The Morgan fingerprint density at radius 1 is 1.28 bits per heavy atom. The van der Waals surface area contributed by atoms with Crippen molar-refractivity contribution in [2.75, 3.05) is 26.3 Å². The van der Waals surface area contributed by atoms with E-state index in [1.165, 1.54) is 5.56 Å². The van der Waals surface area contributed by atoms with Crippen molar-refractivity contribution in [3.05, 3.63) is 53.5 Å². The highest BCUT2D eigenvalue weighted by Gasteiger charge is 2.41. The van der Waals surface area contributed by atoms with Crippen molar-refractivity contribution >= 4 is 22.5 Å². The van der Waals surface area contributed by atoms with Crippen molar-refractivity contribution in [2.45, 2.75) is 44.2 Å². The van der Waals surface area contributed by atoms with Crippen molar-refractivity contribution in [1.82, 2.24) is 24.5 Å². The van der Waals surface area contributed by atoms with E-state index in [4.69, 9.17) is 21.6 Å². The van der Waals surface area contributed by atoms with Gasteiger partial charge in [-0.2, -0.15) is 15.5 Å². The van der Waals surface area contributed by atoms with Crippen LogP contribution in [0.2, 0.25) is 5.02 Å². The number of hydrogen-bond acceptors (Lipinski definition) is 5. The number of piperidine rings is 1. The van der Waals surface area contributed by atoms with Crippen molar-refractivity contribution in [1.29, 1.82) is 5.26 Å². The Morgan fingerprint density at radius 2 is 2.06 bits per heavy atom. The zero-order valence-corrected chi connectivity index (χ0v) is 19.1. The topological polar surface area (TPSA) is 71.9 Å². The molecule has 0 radical (unpaired) electrons. The second kappa shape index (κ2) is 8.36. The van der Waals surface area contributed by atoms with Gasteiger partial charge in [0, 0.05) is 28.9 Å². The van der Waals surface area contributed by atoms with Crippen LogP contribution in [0.1, 0.15) is 37.7 Å². The molecular weight excluding hydrogens is 424 g/mol. The van der Waals surface area contributed by atoms with E-state index in [0.717, 1.165) is 60.8 Å². The molecule has 4 heterocycles. The summed E-state index contributed by atoms with van der Waals surface area (Å²) >= 11 is 6.72. The third kappa shape index (κ3) is 3.83. The largest absolute Gasteiger partial charge is 0.377 e. The van der Waals surface area contributed by atoms with E-state index in [0.29, 0.717) is 24.5 Å². The maximum Gasteiger partial charge on any atom is 0.103 e. The number of hydrogen-bond donors (Lipinski definition) is 0. The molecule has 8 heteroatoms. The highest BCUT2D eigenvalue weighted by Crippen LogP contribution is 2.38. The Morgan fingerprint density at radius 3 is 2.75 bits per heavy atom. The Hall–Kier alpha value is -2.66. The van der Waals surface area contributed by atoms with Gasteiger partial charge < -0.3 is 4.74 Å². The summed E-state index contributed by atoms with van der Waals surface area (Å²) in [6.07, 6.45) is 8.37. The van der Waals surface area contributed by atoms with E-state index < -0.39 is 0 Å². The van der Waals surface area contributed by atoms with Crippen LogP contribution in [0.4, 0.5) is 0 Å². The van der Waals surface area contributed by atoms with Crippen molar-refractivity contribution < 1.29 is 4.74 Å². The molecule has 0 bridgehead atoms. The summed E-state index contributed by atoms with van der Waals surface area (Å²) in [6, 6.07) is 6.31. The molecule has 0 N–H and O–H groups in total. The zero-order valence-electron chi connectivity index (χ0n) is 18.3. The Balaban J connectivity index is 1.37. The van der Waals surface area contributed by atoms with E-state index in [-0.39, 0.29) is 5.54 Å². The number of rotatable bonds is 6. The summed E-state index contributed by atoms with van der Waals surface area (Å²) in [5.74, 6) is 0.441. The van der Waals surface area contributed by atoms with Crippen molar-refractivity contribution in [2.24, 2.45) is 0 Å². The Kier molecular flexibility index (Phi) is 5.54. The van der Waals surface area contributed by atoms with Gasteiger partial charge in [-0.15, -0.1) is 0 Å². The summed E-state index contributed by atoms with van der Waals surface area (Å²) in [6.45, 7) is 10.5. The van der Waals surface area contributed by atoms with Crippen LogP contribution >= 0.6 is 11.6 Å². The fraction of sp³-hybridized carbons (Fsp3) is 0.458. The number of fused-ring (bicyclic) bond motifs is 1. The lowest BCUT2D eigenvalue weighted by molar-refractivity contribution is -0.136. The third-order valence-corrected chi connectivity index (χ3v) is 7.20. The minimum absolute atomic E-state index is 0.205. The minimum Gasteiger partial charge on any atom is -0.377 e. The van der Waals surface area contributed by atoms with Gasteiger partial charge in [-0.25, -0.2) is 4.68 Å². The lowest BCUT2D eigenvalue weighted by Gasteiger charge is -2.50. The van der Waals surface area contributed by atoms with Gasteiger partial charge in [-0.1, -0.05) is 18.2 Å². The molecule has 2 fully saturated rings. The SMILES string of the molecule is C=C(C#N)CCn1cc(-n2ncc3cc(Cl)c(C4CCN(C5(C)COC5)CC4)cc32)cn1. The molecule has 2 aromatic heterocycles. The summed E-state index contributed by atoms with van der Waals surface area (Å²) in [4.78, 5) is 2.57. The monoisotopic (exact) mass is 450 g/mol. The Labute approximate surface area is 192 Å². The number of halogens is 1. The van der Waals surface area contributed by atoms with Gasteiger partial charge in [0.25, 0.3) is 0 Å². The number of nitrogens with zero attached hydrogens (tertiary/aromatic N) is 6. The average molecular weight is 451 g/mol. The predicted octanol–water partition coefficient (Wildman–Crippen LogP) is 4.31. The highest BCUT2D eigenvalue weighted by molar-refractivity contribution is 6.32. The van der Waals surface area contributed by atoms with Crippen LogP contribution in [-0.2, 0) is 11.3 Å². The van der Waals surface area contributed by atoms with E-state index in [2.05, 4.69) is 40.7 Å². The minimum atomic E-state index is 0.205. The fourth-order valence-corrected chi connectivity index (χ4v) is 5.11. The lowest BCUT2D eigenvalue weighted by Crippen LogP contribution is -2.61. The van der Waals surface area contributed by atoms with Gasteiger partial charge >= 0.3 is 0 Å². The molecule has 0 aliphatic carbocycles. The molecule has 5 rings (SSSR count). The van der Waals surface area contributed by atoms with E-state index in [1.54, 1.807) is 6.20 Å². The smallest absolute Gasteiger partial charge is 0.103 e. The number of nitriles is 1. The summed E-state index contributed by atoms with van der Waals surface area (Å²) in [5.41, 5.74) is 3.89. The zero-order chi connectivity index (χ0) is 22.3. The van der Waals surface area contributed by atoms with Gasteiger partial charge in [0.05, 0.1) is 48.9 Å². The van der Waals surface area contributed by atoms with Gasteiger partial charge in [0.1, 0.15) is 5.69 Å². The number of benzene rings is 1. The molecule has 1 aromatic carbocycles. The maximum atomic E-state index is 8.90.